The second-order valence-corrected chi connectivity index (χ2v) is 10.1. The molecule has 2 aromatic carbocycles. The van der Waals surface area contributed by atoms with Crippen molar-refractivity contribution in [3.05, 3.63) is 131 Å². The van der Waals surface area contributed by atoms with Crippen LogP contribution in [0.4, 0.5) is 0 Å². The van der Waals surface area contributed by atoms with Crippen molar-refractivity contribution in [2.45, 2.75) is 0 Å². The van der Waals surface area contributed by atoms with Crippen molar-refractivity contribution in [2.24, 2.45) is 0 Å². The Hall–Kier alpha value is -6.56. The van der Waals surface area contributed by atoms with Crippen molar-refractivity contribution in [3.63, 3.8) is 0 Å². The average Bonchev–Trinajstić information content (AvgIpc) is 3.74. The van der Waals surface area contributed by atoms with Gasteiger partial charge < -0.3 is 29.2 Å². The Kier molecular flexibility index (Phi) is 9.46. The molecule has 0 unspecified atom stereocenters. The fraction of sp³-hybridized carbons (Fsp3) is 0.111. The maximum absolute atomic E-state index is 12.9. The lowest BCUT2D eigenvalue weighted by atomic mass is 10.1. The van der Waals surface area contributed by atoms with Crippen molar-refractivity contribution in [3.8, 4) is 23.3 Å². The number of carbonyl (C=O) groups is 4. The highest BCUT2D eigenvalue weighted by Crippen LogP contribution is 2.33. The predicted octanol–water partition coefficient (Wildman–Crippen LogP) is 5.34. The molecule has 0 saturated carbocycles. The molecule has 0 bridgehead atoms. The summed E-state index contributed by atoms with van der Waals surface area (Å²) in [6, 6.07) is 25.9. The molecule has 0 saturated heterocycles. The molecule has 12 heteroatoms. The van der Waals surface area contributed by atoms with E-state index in [1.165, 1.54) is 73.6 Å². The van der Waals surface area contributed by atoms with Crippen molar-refractivity contribution >= 4 is 34.5 Å². The number of pyridine rings is 2. The molecule has 244 valence electrons. The highest BCUT2D eigenvalue weighted by molar-refractivity contribution is 6.13. The maximum atomic E-state index is 12.9. The minimum absolute atomic E-state index is 0.0909. The van der Waals surface area contributed by atoms with Crippen LogP contribution in [-0.2, 0) is 9.47 Å². The molecule has 4 aromatic heterocycles. The third-order valence-corrected chi connectivity index (χ3v) is 7.46. The molecule has 12 nitrogen and oxygen atoms in total. The smallest absolute Gasteiger partial charge is 0.340 e. The predicted molar refractivity (Wildman–Crippen MR) is 174 cm³/mol. The molecule has 6 aromatic rings. The van der Waals surface area contributed by atoms with Gasteiger partial charge in [0.15, 0.2) is 11.8 Å². The molecule has 0 aliphatic rings. The standard InChI is InChI=1S/2C18H15NO5/c2*1-23-15-9-8-14(20)16-12(18(22)24-2)10-13(19(15)16)17(21)11-6-4-3-5-7-11/h2*3-10,20H,1-2H3. The van der Waals surface area contributed by atoms with E-state index in [0.717, 1.165) is 0 Å². The number of rotatable bonds is 8. The SMILES string of the molecule is COC(=O)c1cc(C(=O)c2ccccc2)n2c(OC)ccc(O)c12.COC(=O)c1cc(C(=O)c2ccccc2)n2c(OC)ccc(O)c12. The van der Waals surface area contributed by atoms with Gasteiger partial charge >= 0.3 is 11.9 Å². The Labute approximate surface area is 273 Å². The maximum Gasteiger partial charge on any atom is 0.340 e. The number of fused-ring (bicyclic) bond motifs is 2. The molecule has 0 aliphatic heterocycles. The lowest BCUT2D eigenvalue weighted by Gasteiger charge is -2.09. The molecule has 6 rings (SSSR count). The first-order valence-electron chi connectivity index (χ1n) is 14.4. The molecule has 0 atom stereocenters. The molecular weight excluding hydrogens is 620 g/mol. The lowest BCUT2D eigenvalue weighted by Crippen LogP contribution is -2.06. The second kappa shape index (κ2) is 13.8. The van der Waals surface area contributed by atoms with Gasteiger partial charge in [0.05, 0.1) is 51.0 Å². The molecule has 0 amide bonds. The number of aromatic hydroxyl groups is 2. The minimum Gasteiger partial charge on any atom is -0.506 e. The van der Waals surface area contributed by atoms with E-state index in [1.54, 1.807) is 60.7 Å². The van der Waals surface area contributed by atoms with Crippen LogP contribution >= 0.6 is 0 Å². The Morgan fingerprint density at radius 3 is 1.19 bits per heavy atom. The van der Waals surface area contributed by atoms with E-state index in [1.807, 2.05) is 0 Å². The van der Waals surface area contributed by atoms with Gasteiger partial charge in [0.1, 0.15) is 22.5 Å². The first-order valence-corrected chi connectivity index (χ1v) is 14.4. The number of carbonyl (C=O) groups excluding carboxylic acids is 4. The van der Waals surface area contributed by atoms with Gasteiger partial charge in [0.2, 0.25) is 11.6 Å². The number of benzene rings is 2. The van der Waals surface area contributed by atoms with Crippen molar-refractivity contribution in [1.82, 2.24) is 8.80 Å². The quantitative estimate of drug-likeness (QED) is 0.163. The molecule has 4 heterocycles. The zero-order valence-electron chi connectivity index (χ0n) is 26.3. The molecule has 0 spiro atoms. The van der Waals surface area contributed by atoms with Crippen LogP contribution in [-0.4, -0.2) is 71.0 Å². The summed E-state index contributed by atoms with van der Waals surface area (Å²) >= 11 is 0. The van der Waals surface area contributed by atoms with Gasteiger partial charge in [-0.2, -0.15) is 0 Å². The molecule has 0 aliphatic carbocycles. The monoisotopic (exact) mass is 650 g/mol. The van der Waals surface area contributed by atoms with Crippen molar-refractivity contribution in [1.29, 1.82) is 0 Å². The summed E-state index contributed by atoms with van der Waals surface area (Å²) < 4.78 is 22.9. The first kappa shape index (κ1) is 32.8. The van der Waals surface area contributed by atoms with E-state index in [-0.39, 0.29) is 56.6 Å². The van der Waals surface area contributed by atoms with E-state index >= 15 is 0 Å². The van der Waals surface area contributed by atoms with Crippen LogP contribution in [0.15, 0.2) is 97.1 Å². The number of aromatic nitrogens is 2. The first-order chi connectivity index (χ1) is 23.2. The summed E-state index contributed by atoms with van der Waals surface area (Å²) in [4.78, 5) is 49.8. The van der Waals surface area contributed by atoms with Crippen LogP contribution in [0.2, 0.25) is 0 Å². The van der Waals surface area contributed by atoms with E-state index < -0.39 is 11.9 Å². The molecule has 0 radical (unpaired) electrons. The summed E-state index contributed by atoms with van der Waals surface area (Å²) in [7, 11) is 5.37. The van der Waals surface area contributed by atoms with Gasteiger partial charge in [-0.25, -0.2) is 9.59 Å². The number of esters is 2. The van der Waals surface area contributed by atoms with Crippen LogP contribution in [0.25, 0.3) is 11.0 Å². The third kappa shape index (κ3) is 5.89. The Balaban J connectivity index is 0.000000188. The van der Waals surface area contributed by atoms with E-state index in [0.29, 0.717) is 22.9 Å². The molecular formula is C36H30N2O10. The van der Waals surface area contributed by atoms with E-state index in [4.69, 9.17) is 18.9 Å². The van der Waals surface area contributed by atoms with E-state index in [9.17, 15) is 29.4 Å². The molecule has 48 heavy (non-hydrogen) atoms. The fourth-order valence-electron chi connectivity index (χ4n) is 5.25. The van der Waals surface area contributed by atoms with Gasteiger partial charge in [-0.1, -0.05) is 60.7 Å². The summed E-state index contributed by atoms with van der Waals surface area (Å²) in [6.45, 7) is 0. The highest BCUT2D eigenvalue weighted by atomic mass is 16.5. The van der Waals surface area contributed by atoms with E-state index in [2.05, 4.69) is 0 Å². The summed E-state index contributed by atoms with van der Waals surface area (Å²) in [6.07, 6.45) is 0. The Morgan fingerprint density at radius 1 is 0.521 bits per heavy atom. The van der Waals surface area contributed by atoms with Gasteiger partial charge in [0, 0.05) is 23.3 Å². The van der Waals surface area contributed by atoms with Gasteiger partial charge in [-0.3, -0.25) is 18.4 Å². The number of hydrogen-bond acceptors (Lipinski definition) is 10. The number of ketones is 2. The Bertz CT molecular complexity index is 2010. The molecule has 2 N–H and O–H groups in total. The van der Waals surface area contributed by atoms with Crippen LogP contribution in [0.1, 0.15) is 52.8 Å². The Morgan fingerprint density at radius 2 is 0.875 bits per heavy atom. The van der Waals surface area contributed by atoms with Crippen LogP contribution in [0.3, 0.4) is 0 Å². The normalized spacial score (nSPS) is 10.6. The van der Waals surface area contributed by atoms with Crippen LogP contribution in [0, 0.1) is 0 Å². The zero-order chi connectivity index (χ0) is 34.5. The summed E-state index contributed by atoms with van der Waals surface area (Å²) in [5.41, 5.74) is 1.83. The van der Waals surface area contributed by atoms with Crippen LogP contribution < -0.4 is 9.47 Å². The second-order valence-electron chi connectivity index (χ2n) is 10.1. The van der Waals surface area contributed by atoms with Gasteiger partial charge in [0.25, 0.3) is 0 Å². The van der Waals surface area contributed by atoms with Gasteiger partial charge in [-0.15, -0.1) is 0 Å². The third-order valence-electron chi connectivity index (χ3n) is 7.46. The average molecular weight is 651 g/mol. The van der Waals surface area contributed by atoms with Crippen molar-refractivity contribution in [2.75, 3.05) is 28.4 Å². The van der Waals surface area contributed by atoms with Crippen molar-refractivity contribution < 1.29 is 48.3 Å². The number of ether oxygens (including phenoxy) is 4. The molecule has 0 fully saturated rings. The topological polar surface area (TPSA) is 154 Å². The fourth-order valence-corrected chi connectivity index (χ4v) is 5.25. The zero-order valence-corrected chi connectivity index (χ0v) is 26.3. The number of methoxy groups -OCH3 is 4. The summed E-state index contributed by atoms with van der Waals surface area (Å²) in [5, 5.41) is 20.4. The van der Waals surface area contributed by atoms with Gasteiger partial charge in [-0.05, 0) is 24.3 Å². The highest BCUT2D eigenvalue weighted by Gasteiger charge is 2.26. The van der Waals surface area contributed by atoms with Crippen LogP contribution in [0.5, 0.6) is 23.3 Å². The largest absolute Gasteiger partial charge is 0.506 e. The number of nitrogens with zero attached hydrogens (tertiary/aromatic N) is 2. The number of hydrogen-bond donors (Lipinski definition) is 2. The lowest BCUT2D eigenvalue weighted by molar-refractivity contribution is 0.0594. The minimum atomic E-state index is -0.650. The summed E-state index contributed by atoms with van der Waals surface area (Å²) in [5.74, 6) is -1.57.